The second-order valence-corrected chi connectivity index (χ2v) is 3.79. The first-order valence-corrected chi connectivity index (χ1v) is 5.39. The van der Waals surface area contributed by atoms with Gasteiger partial charge in [0.25, 0.3) is 0 Å². The van der Waals surface area contributed by atoms with Crippen LogP contribution in [0.3, 0.4) is 0 Å². The van der Waals surface area contributed by atoms with E-state index in [1.807, 2.05) is 24.3 Å². The largest absolute Gasteiger partial charge is 0.507 e. The van der Waals surface area contributed by atoms with Crippen molar-refractivity contribution in [1.29, 1.82) is 0 Å². The van der Waals surface area contributed by atoms with Gasteiger partial charge in [-0.15, -0.1) is 0 Å². The average Bonchev–Trinajstić information content (AvgIpc) is 2.32. The zero-order valence-electron chi connectivity index (χ0n) is 9.27. The number of nitrogens with two attached hydrogens (primary N) is 1. The Morgan fingerprint density at radius 2 is 1.81 bits per heavy atom. The van der Waals surface area contributed by atoms with Gasteiger partial charge in [-0.05, 0) is 35.7 Å². The van der Waals surface area contributed by atoms with E-state index in [2.05, 4.69) is 13.0 Å². The van der Waals surface area contributed by atoms with Crippen LogP contribution in [0.15, 0.2) is 42.5 Å². The summed E-state index contributed by atoms with van der Waals surface area (Å²) in [7, 11) is 0. The fourth-order valence-corrected chi connectivity index (χ4v) is 1.86. The van der Waals surface area contributed by atoms with Crippen molar-refractivity contribution in [2.45, 2.75) is 13.3 Å². The molecule has 0 bridgehead atoms. The molecular weight excluding hydrogens is 198 g/mol. The number of phenols is 1. The van der Waals surface area contributed by atoms with Crippen molar-refractivity contribution in [1.82, 2.24) is 0 Å². The fraction of sp³-hybridized carbons (Fsp3) is 0.143. The first kappa shape index (κ1) is 10.6. The third-order valence-corrected chi connectivity index (χ3v) is 2.71. The second kappa shape index (κ2) is 4.27. The van der Waals surface area contributed by atoms with Crippen molar-refractivity contribution in [2.24, 2.45) is 0 Å². The normalized spacial score (nSPS) is 10.3. The van der Waals surface area contributed by atoms with E-state index in [9.17, 15) is 5.11 Å². The van der Waals surface area contributed by atoms with Crippen LogP contribution in [0, 0.1) is 0 Å². The van der Waals surface area contributed by atoms with E-state index >= 15 is 0 Å². The maximum Gasteiger partial charge on any atom is 0.123 e. The summed E-state index contributed by atoms with van der Waals surface area (Å²) in [6.07, 6.45) is 0.935. The lowest BCUT2D eigenvalue weighted by molar-refractivity contribution is 0.477. The van der Waals surface area contributed by atoms with Gasteiger partial charge in [0.15, 0.2) is 0 Å². The topological polar surface area (TPSA) is 46.2 Å². The predicted molar refractivity (Wildman–Crippen MR) is 67.3 cm³/mol. The van der Waals surface area contributed by atoms with Gasteiger partial charge in [-0.1, -0.05) is 31.2 Å². The Labute approximate surface area is 95.4 Å². The number of nitrogen functional groups attached to an aromatic ring is 1. The summed E-state index contributed by atoms with van der Waals surface area (Å²) in [5, 5.41) is 9.85. The fourth-order valence-electron chi connectivity index (χ4n) is 1.86. The minimum atomic E-state index is 0.273. The first-order valence-electron chi connectivity index (χ1n) is 5.39. The smallest absolute Gasteiger partial charge is 0.123 e. The summed E-state index contributed by atoms with van der Waals surface area (Å²) < 4.78 is 0. The van der Waals surface area contributed by atoms with Crippen LogP contribution < -0.4 is 5.73 Å². The minimum absolute atomic E-state index is 0.273. The molecule has 0 aliphatic rings. The summed E-state index contributed by atoms with van der Waals surface area (Å²) in [5.41, 5.74) is 9.48. The van der Waals surface area contributed by atoms with Gasteiger partial charge in [0.05, 0.1) is 0 Å². The van der Waals surface area contributed by atoms with E-state index < -0.39 is 0 Å². The van der Waals surface area contributed by atoms with Crippen molar-refractivity contribution in [3.8, 4) is 16.9 Å². The molecule has 0 heterocycles. The molecule has 0 amide bonds. The van der Waals surface area contributed by atoms with Gasteiger partial charge in [0, 0.05) is 11.3 Å². The highest BCUT2D eigenvalue weighted by Gasteiger charge is 2.07. The Morgan fingerprint density at radius 1 is 1.06 bits per heavy atom. The molecule has 3 N–H and O–H groups in total. The third kappa shape index (κ3) is 1.87. The number of anilines is 1. The Hall–Kier alpha value is -1.96. The summed E-state index contributed by atoms with van der Waals surface area (Å²) >= 11 is 0. The molecule has 2 heteroatoms. The molecule has 0 saturated carbocycles. The van der Waals surface area contributed by atoms with Crippen LogP contribution in [0.1, 0.15) is 12.5 Å². The number of aromatic hydroxyl groups is 1. The summed E-state index contributed by atoms with van der Waals surface area (Å²) in [5.74, 6) is 0.273. The Bertz CT molecular complexity index is 506. The predicted octanol–water partition coefficient (Wildman–Crippen LogP) is 3.20. The quantitative estimate of drug-likeness (QED) is 0.594. The molecule has 0 atom stereocenters. The number of hydrogen-bond acceptors (Lipinski definition) is 2. The van der Waals surface area contributed by atoms with Crippen LogP contribution in [0.2, 0.25) is 0 Å². The van der Waals surface area contributed by atoms with Gasteiger partial charge in [-0.25, -0.2) is 0 Å². The lowest BCUT2D eigenvalue weighted by atomic mass is 9.97. The van der Waals surface area contributed by atoms with E-state index in [4.69, 9.17) is 5.73 Å². The number of phenolic OH excluding ortho intramolecular Hbond substituents is 1. The molecule has 0 aliphatic heterocycles. The minimum Gasteiger partial charge on any atom is -0.507 e. The monoisotopic (exact) mass is 213 g/mol. The molecular formula is C14H15NO. The van der Waals surface area contributed by atoms with Crippen molar-refractivity contribution in [2.75, 3.05) is 5.73 Å². The number of benzene rings is 2. The van der Waals surface area contributed by atoms with Crippen LogP contribution in [-0.2, 0) is 6.42 Å². The molecule has 2 rings (SSSR count). The van der Waals surface area contributed by atoms with E-state index in [1.54, 1.807) is 12.1 Å². The highest BCUT2D eigenvalue weighted by molar-refractivity contribution is 5.75. The van der Waals surface area contributed by atoms with Gasteiger partial charge >= 0.3 is 0 Å². The van der Waals surface area contributed by atoms with Crippen LogP contribution >= 0.6 is 0 Å². The SMILES string of the molecule is CCc1ccccc1-c1cc(N)ccc1O. The molecule has 0 saturated heterocycles. The first-order chi connectivity index (χ1) is 7.72. The molecule has 0 aromatic heterocycles. The average molecular weight is 213 g/mol. The van der Waals surface area contributed by atoms with Gasteiger partial charge < -0.3 is 10.8 Å². The van der Waals surface area contributed by atoms with Crippen LogP contribution in [0.4, 0.5) is 5.69 Å². The summed E-state index contributed by atoms with van der Waals surface area (Å²) in [6.45, 7) is 2.10. The van der Waals surface area contributed by atoms with Crippen molar-refractivity contribution < 1.29 is 5.11 Å². The van der Waals surface area contributed by atoms with Crippen LogP contribution in [-0.4, -0.2) is 5.11 Å². The molecule has 0 radical (unpaired) electrons. The van der Waals surface area contributed by atoms with Gasteiger partial charge in [0.1, 0.15) is 5.75 Å². The van der Waals surface area contributed by atoms with Gasteiger partial charge in [-0.2, -0.15) is 0 Å². The second-order valence-electron chi connectivity index (χ2n) is 3.79. The van der Waals surface area contributed by atoms with Crippen molar-refractivity contribution in [3.63, 3.8) is 0 Å². The lowest BCUT2D eigenvalue weighted by Gasteiger charge is -2.10. The number of rotatable bonds is 2. The molecule has 16 heavy (non-hydrogen) atoms. The molecule has 0 aliphatic carbocycles. The highest BCUT2D eigenvalue weighted by Crippen LogP contribution is 2.33. The molecule has 2 aromatic carbocycles. The van der Waals surface area contributed by atoms with E-state index in [-0.39, 0.29) is 5.75 Å². The maximum atomic E-state index is 9.85. The Kier molecular flexibility index (Phi) is 2.82. The molecule has 0 fully saturated rings. The molecule has 2 nitrogen and oxygen atoms in total. The van der Waals surface area contributed by atoms with Crippen molar-refractivity contribution in [3.05, 3.63) is 48.0 Å². The Balaban J connectivity index is 2.62. The van der Waals surface area contributed by atoms with Gasteiger partial charge in [0.2, 0.25) is 0 Å². The van der Waals surface area contributed by atoms with Gasteiger partial charge in [-0.3, -0.25) is 0 Å². The van der Waals surface area contributed by atoms with Crippen LogP contribution in [0.25, 0.3) is 11.1 Å². The zero-order chi connectivity index (χ0) is 11.5. The highest BCUT2D eigenvalue weighted by atomic mass is 16.3. The van der Waals surface area contributed by atoms with E-state index in [0.717, 1.165) is 17.5 Å². The standard InChI is InChI=1S/C14H15NO/c1-2-10-5-3-4-6-12(10)13-9-11(15)7-8-14(13)16/h3-9,16H,2,15H2,1H3. The molecule has 0 spiro atoms. The lowest BCUT2D eigenvalue weighted by Crippen LogP contribution is -1.90. The molecule has 2 aromatic rings. The third-order valence-electron chi connectivity index (χ3n) is 2.71. The Morgan fingerprint density at radius 3 is 2.56 bits per heavy atom. The summed E-state index contributed by atoms with van der Waals surface area (Å²) in [6, 6.07) is 13.2. The van der Waals surface area contributed by atoms with E-state index in [0.29, 0.717) is 5.69 Å². The number of hydrogen-bond donors (Lipinski definition) is 2. The zero-order valence-corrected chi connectivity index (χ0v) is 9.27. The molecule has 82 valence electrons. The van der Waals surface area contributed by atoms with Crippen molar-refractivity contribution >= 4 is 5.69 Å². The summed E-state index contributed by atoms with van der Waals surface area (Å²) in [4.78, 5) is 0. The number of aryl methyl sites for hydroxylation is 1. The maximum absolute atomic E-state index is 9.85. The van der Waals surface area contributed by atoms with Crippen LogP contribution in [0.5, 0.6) is 5.75 Å². The van der Waals surface area contributed by atoms with E-state index in [1.165, 1.54) is 5.56 Å². The molecule has 0 unspecified atom stereocenters.